The van der Waals surface area contributed by atoms with Gasteiger partial charge in [0.1, 0.15) is 0 Å². The van der Waals surface area contributed by atoms with Gasteiger partial charge in [0.2, 0.25) is 0 Å². The standard InChI is InChI=1S/C7H9N3O4S/c8-5-6-1-3-7(4-2-6)15(13,14)9-10(11)12/h1-4,9H,5,8H2. The highest BCUT2D eigenvalue weighted by Gasteiger charge is 2.18. The van der Waals surface area contributed by atoms with Crippen LogP contribution in [-0.2, 0) is 16.6 Å². The number of hydrogen-bond acceptors (Lipinski definition) is 5. The van der Waals surface area contributed by atoms with Gasteiger partial charge < -0.3 is 5.73 Å². The molecular weight excluding hydrogens is 222 g/mol. The third-order valence-corrected chi connectivity index (χ3v) is 2.95. The maximum absolute atomic E-state index is 11.3. The van der Waals surface area contributed by atoms with Crippen molar-refractivity contribution in [3.05, 3.63) is 39.9 Å². The Morgan fingerprint density at radius 1 is 1.33 bits per heavy atom. The maximum atomic E-state index is 11.3. The third kappa shape index (κ3) is 2.89. The molecule has 0 unspecified atom stereocenters. The lowest BCUT2D eigenvalue weighted by Crippen LogP contribution is -2.29. The minimum atomic E-state index is -4.07. The number of nitrogens with one attached hydrogen (secondary N) is 1. The highest BCUT2D eigenvalue weighted by molar-refractivity contribution is 7.89. The second-order valence-electron chi connectivity index (χ2n) is 2.70. The van der Waals surface area contributed by atoms with Crippen LogP contribution in [0.25, 0.3) is 0 Å². The molecule has 0 heterocycles. The monoisotopic (exact) mass is 231 g/mol. The lowest BCUT2D eigenvalue weighted by atomic mass is 10.2. The number of nitrogens with zero attached hydrogens (tertiary/aromatic N) is 1. The zero-order valence-electron chi connectivity index (χ0n) is 7.58. The molecule has 8 heteroatoms. The van der Waals surface area contributed by atoms with Gasteiger partial charge in [-0.2, -0.15) is 8.42 Å². The molecule has 0 bridgehead atoms. The quantitative estimate of drug-likeness (QED) is 0.541. The molecule has 0 atom stereocenters. The number of nitrogens with two attached hydrogens (primary N) is 1. The highest BCUT2D eigenvalue weighted by Crippen LogP contribution is 2.09. The van der Waals surface area contributed by atoms with E-state index in [4.69, 9.17) is 5.73 Å². The Hall–Kier alpha value is -1.67. The van der Waals surface area contributed by atoms with Crippen molar-refractivity contribution in [2.24, 2.45) is 5.73 Å². The second-order valence-corrected chi connectivity index (χ2v) is 4.36. The molecule has 0 aliphatic rings. The predicted octanol–water partition coefficient (Wildman–Crippen LogP) is -0.385. The maximum Gasteiger partial charge on any atom is 0.311 e. The van der Waals surface area contributed by atoms with Gasteiger partial charge in [-0.05, 0) is 22.5 Å². The first-order valence-electron chi connectivity index (χ1n) is 3.91. The molecule has 0 radical (unpaired) electrons. The van der Waals surface area contributed by atoms with Crippen molar-refractivity contribution >= 4 is 10.0 Å². The first-order chi connectivity index (χ1) is 6.95. The average Bonchev–Trinajstić information content (AvgIpc) is 2.16. The summed E-state index contributed by atoms with van der Waals surface area (Å²) < 4.78 is 22.5. The molecule has 1 rings (SSSR count). The van der Waals surface area contributed by atoms with E-state index in [0.29, 0.717) is 0 Å². The predicted molar refractivity (Wildman–Crippen MR) is 51.6 cm³/mol. The van der Waals surface area contributed by atoms with Crippen molar-refractivity contribution in [1.29, 1.82) is 0 Å². The van der Waals surface area contributed by atoms with Crippen molar-refractivity contribution in [2.75, 3.05) is 0 Å². The van der Waals surface area contributed by atoms with E-state index in [2.05, 4.69) is 0 Å². The Balaban J connectivity index is 3.01. The lowest BCUT2D eigenvalue weighted by Gasteiger charge is -2.01. The molecule has 0 fully saturated rings. The van der Waals surface area contributed by atoms with Crippen LogP contribution in [0.5, 0.6) is 0 Å². The van der Waals surface area contributed by atoms with Crippen LogP contribution in [0.4, 0.5) is 0 Å². The second kappa shape index (κ2) is 4.24. The van der Waals surface area contributed by atoms with Crippen molar-refractivity contribution in [2.45, 2.75) is 11.4 Å². The molecule has 0 spiro atoms. The third-order valence-electron chi connectivity index (χ3n) is 1.66. The fraction of sp³-hybridized carbons (Fsp3) is 0.143. The number of nitro groups is 1. The summed E-state index contributed by atoms with van der Waals surface area (Å²) in [6.07, 6.45) is 0. The summed E-state index contributed by atoms with van der Waals surface area (Å²) in [6.45, 7) is 0.281. The van der Waals surface area contributed by atoms with Crippen LogP contribution in [0.3, 0.4) is 0 Å². The summed E-state index contributed by atoms with van der Waals surface area (Å²) in [5.74, 6) is 0. The average molecular weight is 231 g/mol. The van der Waals surface area contributed by atoms with Crippen LogP contribution in [0, 0.1) is 10.1 Å². The van der Waals surface area contributed by atoms with Crippen molar-refractivity contribution in [1.82, 2.24) is 4.83 Å². The van der Waals surface area contributed by atoms with Gasteiger partial charge in [-0.1, -0.05) is 12.1 Å². The molecule has 15 heavy (non-hydrogen) atoms. The Labute approximate surface area is 86.1 Å². The van der Waals surface area contributed by atoms with E-state index in [1.165, 1.54) is 29.1 Å². The molecule has 3 N–H and O–H groups in total. The van der Waals surface area contributed by atoms with Crippen LogP contribution in [0.1, 0.15) is 5.56 Å². The van der Waals surface area contributed by atoms with E-state index >= 15 is 0 Å². The molecule has 82 valence electrons. The Bertz CT molecular complexity index is 454. The van der Waals surface area contributed by atoms with Gasteiger partial charge in [0, 0.05) is 6.54 Å². The zero-order chi connectivity index (χ0) is 11.5. The molecule has 0 amide bonds. The minimum Gasteiger partial charge on any atom is -0.326 e. The topological polar surface area (TPSA) is 115 Å². The number of hydrazine groups is 1. The van der Waals surface area contributed by atoms with E-state index < -0.39 is 15.1 Å². The summed E-state index contributed by atoms with van der Waals surface area (Å²) in [5.41, 5.74) is 6.06. The normalized spacial score (nSPS) is 11.0. The molecule has 1 aromatic rings. The Morgan fingerprint density at radius 3 is 2.27 bits per heavy atom. The molecule has 0 aromatic heterocycles. The van der Waals surface area contributed by atoms with Crippen LogP contribution in [-0.4, -0.2) is 13.5 Å². The SMILES string of the molecule is NCc1ccc(S(=O)(=O)N[N+](=O)[O-])cc1. The molecule has 0 saturated carbocycles. The summed E-state index contributed by atoms with van der Waals surface area (Å²) in [4.78, 5) is 11.1. The molecule has 0 aliphatic carbocycles. The van der Waals surface area contributed by atoms with Gasteiger partial charge in [-0.25, -0.2) is 10.1 Å². The molecule has 7 nitrogen and oxygen atoms in total. The Morgan fingerprint density at radius 2 is 1.87 bits per heavy atom. The van der Waals surface area contributed by atoms with Crippen LogP contribution in [0.15, 0.2) is 29.2 Å². The van der Waals surface area contributed by atoms with Crippen LogP contribution < -0.4 is 10.6 Å². The number of benzene rings is 1. The van der Waals surface area contributed by atoms with E-state index in [1.54, 1.807) is 0 Å². The molecule has 1 aromatic carbocycles. The summed E-state index contributed by atoms with van der Waals surface area (Å²) in [7, 11) is -4.07. The van der Waals surface area contributed by atoms with Gasteiger partial charge in [-0.3, -0.25) is 0 Å². The van der Waals surface area contributed by atoms with Crippen LogP contribution >= 0.6 is 0 Å². The zero-order valence-corrected chi connectivity index (χ0v) is 8.40. The minimum absolute atomic E-state index is 0.170. The number of hydrogen-bond donors (Lipinski definition) is 2. The summed E-state index contributed by atoms with van der Waals surface area (Å²) >= 11 is 0. The molecule has 0 saturated heterocycles. The molecule has 0 aliphatic heterocycles. The van der Waals surface area contributed by atoms with Crippen molar-refractivity contribution < 1.29 is 13.5 Å². The van der Waals surface area contributed by atoms with E-state index in [9.17, 15) is 18.5 Å². The Kier molecular flexibility index (Phi) is 3.22. The first kappa shape index (κ1) is 11.4. The first-order valence-corrected chi connectivity index (χ1v) is 5.40. The van der Waals surface area contributed by atoms with E-state index in [-0.39, 0.29) is 11.4 Å². The highest BCUT2D eigenvalue weighted by atomic mass is 32.2. The van der Waals surface area contributed by atoms with Crippen molar-refractivity contribution in [3.63, 3.8) is 0 Å². The largest absolute Gasteiger partial charge is 0.326 e. The smallest absolute Gasteiger partial charge is 0.311 e. The van der Waals surface area contributed by atoms with Gasteiger partial charge in [0.25, 0.3) is 0 Å². The van der Waals surface area contributed by atoms with Gasteiger partial charge in [-0.15, -0.1) is 0 Å². The summed E-state index contributed by atoms with van der Waals surface area (Å²) in [5, 5.41) is 8.89. The van der Waals surface area contributed by atoms with Gasteiger partial charge >= 0.3 is 10.0 Å². The van der Waals surface area contributed by atoms with E-state index in [0.717, 1.165) is 5.56 Å². The molecular formula is C7H9N3O4S. The number of sulfonamides is 1. The number of rotatable bonds is 4. The van der Waals surface area contributed by atoms with Gasteiger partial charge in [0.05, 0.1) is 4.90 Å². The van der Waals surface area contributed by atoms with E-state index in [1.807, 2.05) is 0 Å². The van der Waals surface area contributed by atoms with Crippen molar-refractivity contribution in [3.8, 4) is 0 Å². The fourth-order valence-corrected chi connectivity index (χ4v) is 1.75. The summed E-state index contributed by atoms with van der Waals surface area (Å²) in [6, 6.07) is 5.51. The van der Waals surface area contributed by atoms with Crippen LogP contribution in [0.2, 0.25) is 0 Å². The lowest BCUT2D eigenvalue weighted by molar-refractivity contribution is -0.518. The van der Waals surface area contributed by atoms with Gasteiger partial charge in [0.15, 0.2) is 5.03 Å². The fourth-order valence-electron chi connectivity index (χ4n) is 0.956.